The van der Waals surface area contributed by atoms with Crippen LogP contribution in [0.15, 0.2) is 41.4 Å². The number of aromatic hydroxyl groups is 1. The number of nitrogens with zero attached hydrogens (tertiary/aromatic N) is 2. The minimum Gasteiger partial charge on any atom is -0.494 e. The summed E-state index contributed by atoms with van der Waals surface area (Å²) in [5.41, 5.74) is 7.98. The maximum absolute atomic E-state index is 11.3. The van der Waals surface area contributed by atoms with Crippen LogP contribution in [0, 0.1) is 17.0 Å². The highest BCUT2D eigenvalue weighted by atomic mass is 16.6. The maximum Gasteiger partial charge on any atom is 0.274 e. The monoisotopic (exact) mass is 352 g/mol. The highest BCUT2D eigenvalue weighted by molar-refractivity contribution is 6.13. The van der Waals surface area contributed by atoms with Gasteiger partial charge in [-0.3, -0.25) is 19.9 Å². The third-order valence-electron chi connectivity index (χ3n) is 4.11. The third-order valence-corrected chi connectivity index (χ3v) is 4.11. The van der Waals surface area contributed by atoms with Crippen LogP contribution in [-0.4, -0.2) is 26.6 Å². The number of hydrogen-bond donors (Lipinski definition) is 3. The van der Waals surface area contributed by atoms with Gasteiger partial charge in [-0.15, -0.1) is 0 Å². The molecule has 3 rings (SSSR count). The van der Waals surface area contributed by atoms with E-state index in [4.69, 9.17) is 5.73 Å². The van der Waals surface area contributed by atoms with Crippen LogP contribution in [0.4, 0.5) is 11.4 Å². The van der Waals surface area contributed by atoms with Crippen molar-refractivity contribution in [3.63, 3.8) is 0 Å². The van der Waals surface area contributed by atoms with E-state index in [9.17, 15) is 20.0 Å². The lowest BCUT2D eigenvalue weighted by Crippen LogP contribution is -2.10. The number of aromatic nitrogens is 1. The number of nitrogens with two attached hydrogens (primary N) is 1. The summed E-state index contributed by atoms with van der Waals surface area (Å²) < 4.78 is 0. The van der Waals surface area contributed by atoms with Gasteiger partial charge in [-0.25, -0.2) is 0 Å². The lowest BCUT2D eigenvalue weighted by Gasteiger charge is -2.03. The van der Waals surface area contributed by atoms with Crippen LogP contribution in [0.1, 0.15) is 28.4 Å². The predicted octanol–water partition coefficient (Wildman–Crippen LogP) is 3.33. The number of aliphatic imine (C=N–C) groups is 1. The number of benzene rings is 2. The zero-order valence-electron chi connectivity index (χ0n) is 14.1. The van der Waals surface area contributed by atoms with Crippen LogP contribution >= 0.6 is 0 Å². The topological polar surface area (TPSA) is 135 Å². The van der Waals surface area contributed by atoms with Gasteiger partial charge in [-0.1, -0.05) is 12.1 Å². The molecule has 0 unspecified atom stereocenters. The number of fused-ring (bicyclic) bond motifs is 1. The molecule has 0 spiro atoms. The molecule has 1 heterocycles. The number of carbonyl (C=O) groups excluding carboxylic acids is 1. The molecule has 0 atom stereocenters. The van der Waals surface area contributed by atoms with Crippen molar-refractivity contribution in [3.05, 3.63) is 63.2 Å². The summed E-state index contributed by atoms with van der Waals surface area (Å²) in [6, 6.07) is 9.45. The molecule has 1 aromatic heterocycles. The first-order valence-corrected chi connectivity index (χ1v) is 7.73. The molecular formula is C18H16N4O4. The summed E-state index contributed by atoms with van der Waals surface area (Å²) in [5.74, 6) is -0.677. The number of nitro benzene ring substituents is 1. The largest absolute Gasteiger partial charge is 0.494 e. The summed E-state index contributed by atoms with van der Waals surface area (Å²) in [4.78, 5) is 29.1. The Morgan fingerprint density at radius 3 is 2.65 bits per heavy atom. The Hall–Kier alpha value is -3.68. The molecule has 3 aromatic rings. The van der Waals surface area contributed by atoms with Crippen LogP contribution in [0.2, 0.25) is 0 Å². The number of aryl methyl sites for hydroxylation is 1. The number of carbonyl (C=O) groups is 1. The average Bonchev–Trinajstić information content (AvgIpc) is 2.91. The first kappa shape index (κ1) is 17.2. The maximum atomic E-state index is 11.3. The molecule has 4 N–H and O–H groups in total. The SMILES string of the molecule is CC(=Nc1ccc(C)c([N+](=O)[O-])c1)c1c(O)[nH]c2cc(C(N)=O)ccc12. The second-order valence-electron chi connectivity index (χ2n) is 5.90. The molecule has 0 saturated heterocycles. The standard InChI is InChI=1S/C18H16N4O4/c1-9-3-5-12(8-15(9)22(25)26)20-10(2)16-13-6-4-11(17(19)23)7-14(13)21-18(16)24/h3-8,21,24H,1-2H3,(H2,19,23). The fourth-order valence-electron chi connectivity index (χ4n) is 2.82. The molecular weight excluding hydrogens is 336 g/mol. The van der Waals surface area contributed by atoms with Crippen molar-refractivity contribution < 1.29 is 14.8 Å². The molecule has 0 fully saturated rings. The third kappa shape index (κ3) is 3.00. The quantitative estimate of drug-likeness (QED) is 0.377. The molecule has 8 nitrogen and oxygen atoms in total. The fraction of sp³-hybridized carbons (Fsp3) is 0.111. The van der Waals surface area contributed by atoms with E-state index in [2.05, 4.69) is 9.98 Å². The number of nitro groups is 1. The van der Waals surface area contributed by atoms with Crippen molar-refractivity contribution in [1.82, 2.24) is 4.98 Å². The Morgan fingerprint density at radius 1 is 1.27 bits per heavy atom. The first-order valence-electron chi connectivity index (χ1n) is 7.73. The Labute approximate surface area is 148 Å². The van der Waals surface area contributed by atoms with E-state index < -0.39 is 10.8 Å². The number of amides is 1. The number of hydrogen-bond acceptors (Lipinski definition) is 5. The van der Waals surface area contributed by atoms with Crippen molar-refractivity contribution in [2.45, 2.75) is 13.8 Å². The van der Waals surface area contributed by atoms with Gasteiger partial charge in [0.15, 0.2) is 5.88 Å². The Morgan fingerprint density at radius 2 is 2.00 bits per heavy atom. The van der Waals surface area contributed by atoms with Crippen molar-refractivity contribution >= 4 is 33.9 Å². The van der Waals surface area contributed by atoms with Gasteiger partial charge >= 0.3 is 0 Å². The molecule has 0 saturated carbocycles. The summed E-state index contributed by atoms with van der Waals surface area (Å²) >= 11 is 0. The molecule has 0 radical (unpaired) electrons. The van der Waals surface area contributed by atoms with E-state index in [1.54, 1.807) is 44.2 Å². The van der Waals surface area contributed by atoms with Gasteiger partial charge in [-0.2, -0.15) is 0 Å². The number of primary amides is 1. The molecule has 8 heteroatoms. The summed E-state index contributed by atoms with van der Waals surface area (Å²) in [7, 11) is 0. The van der Waals surface area contributed by atoms with Gasteiger partial charge in [0.2, 0.25) is 5.91 Å². The molecule has 132 valence electrons. The molecule has 0 aliphatic heterocycles. The molecule has 26 heavy (non-hydrogen) atoms. The predicted molar refractivity (Wildman–Crippen MR) is 98.2 cm³/mol. The van der Waals surface area contributed by atoms with E-state index >= 15 is 0 Å². The van der Waals surface area contributed by atoms with Gasteiger partial charge in [0.25, 0.3) is 5.69 Å². The van der Waals surface area contributed by atoms with Crippen LogP contribution in [-0.2, 0) is 0 Å². The molecule has 2 aromatic carbocycles. The second kappa shape index (κ2) is 6.32. The number of H-pyrrole nitrogens is 1. The summed E-state index contributed by atoms with van der Waals surface area (Å²) in [6.07, 6.45) is 0. The summed E-state index contributed by atoms with van der Waals surface area (Å²) in [5, 5.41) is 22.0. The molecule has 0 bridgehead atoms. The number of rotatable bonds is 4. The highest BCUT2D eigenvalue weighted by Crippen LogP contribution is 2.31. The zero-order chi connectivity index (χ0) is 19.0. The smallest absolute Gasteiger partial charge is 0.274 e. The van der Waals surface area contributed by atoms with Crippen molar-refractivity contribution in [3.8, 4) is 5.88 Å². The zero-order valence-corrected chi connectivity index (χ0v) is 14.1. The van der Waals surface area contributed by atoms with Crippen molar-refractivity contribution in [1.29, 1.82) is 0 Å². The number of nitrogens with one attached hydrogen (secondary N) is 1. The van der Waals surface area contributed by atoms with Gasteiger partial charge in [0.05, 0.1) is 21.9 Å². The van der Waals surface area contributed by atoms with E-state index in [1.807, 2.05) is 0 Å². The minimum atomic E-state index is -0.570. The molecule has 0 aliphatic rings. The van der Waals surface area contributed by atoms with Gasteiger partial charge in [0.1, 0.15) is 0 Å². The Balaban J connectivity index is 2.10. The van der Waals surface area contributed by atoms with Crippen LogP contribution < -0.4 is 5.73 Å². The van der Waals surface area contributed by atoms with Crippen LogP contribution in [0.25, 0.3) is 10.9 Å². The van der Waals surface area contributed by atoms with E-state index in [1.165, 1.54) is 6.07 Å². The minimum absolute atomic E-state index is 0.0201. The van der Waals surface area contributed by atoms with Crippen molar-refractivity contribution in [2.75, 3.05) is 0 Å². The average molecular weight is 352 g/mol. The van der Waals surface area contributed by atoms with E-state index in [0.717, 1.165) is 0 Å². The van der Waals surface area contributed by atoms with Gasteiger partial charge in [0, 0.05) is 28.1 Å². The second-order valence-corrected chi connectivity index (χ2v) is 5.90. The lowest BCUT2D eigenvalue weighted by atomic mass is 10.1. The normalized spacial score (nSPS) is 11.7. The first-order chi connectivity index (χ1) is 12.3. The molecule has 1 amide bonds. The summed E-state index contributed by atoms with van der Waals surface area (Å²) in [6.45, 7) is 3.34. The Kier molecular flexibility index (Phi) is 4.17. The Bertz CT molecular complexity index is 1080. The van der Waals surface area contributed by atoms with E-state index in [-0.39, 0.29) is 11.6 Å². The highest BCUT2D eigenvalue weighted by Gasteiger charge is 2.16. The molecule has 0 aliphatic carbocycles. The number of aromatic amines is 1. The van der Waals surface area contributed by atoms with Gasteiger partial charge < -0.3 is 15.8 Å². The fourth-order valence-corrected chi connectivity index (χ4v) is 2.82. The van der Waals surface area contributed by atoms with Crippen LogP contribution in [0.3, 0.4) is 0 Å². The van der Waals surface area contributed by atoms with Gasteiger partial charge in [-0.05, 0) is 32.0 Å². The van der Waals surface area contributed by atoms with Crippen LogP contribution in [0.5, 0.6) is 5.88 Å². The van der Waals surface area contributed by atoms with Crippen molar-refractivity contribution in [2.24, 2.45) is 10.7 Å². The van der Waals surface area contributed by atoms with E-state index in [0.29, 0.717) is 39.0 Å². The lowest BCUT2D eigenvalue weighted by molar-refractivity contribution is -0.385.